The van der Waals surface area contributed by atoms with Crippen LogP contribution in [0.4, 0.5) is 0 Å². The van der Waals surface area contributed by atoms with Crippen molar-refractivity contribution in [3.63, 3.8) is 0 Å². The fraction of sp³-hybridized carbons (Fsp3) is 0.526. The van der Waals surface area contributed by atoms with E-state index in [1.54, 1.807) is 14.0 Å². The molecule has 0 aliphatic rings. The van der Waals surface area contributed by atoms with E-state index in [-0.39, 0.29) is 11.4 Å². The highest BCUT2D eigenvalue weighted by atomic mass is 16.5. The lowest BCUT2D eigenvalue weighted by molar-refractivity contribution is -0.138. The number of allylic oxidation sites excluding steroid dienone is 4. The van der Waals surface area contributed by atoms with Crippen molar-refractivity contribution in [1.82, 2.24) is 0 Å². The zero-order chi connectivity index (χ0) is 17.5. The van der Waals surface area contributed by atoms with Gasteiger partial charge in [-0.1, -0.05) is 45.6 Å². The Balaban J connectivity index is 5.52. The second-order valence-corrected chi connectivity index (χ2v) is 6.47. The third-order valence-corrected chi connectivity index (χ3v) is 3.09. The Bertz CT molecular complexity index is 499. The summed E-state index contributed by atoms with van der Waals surface area (Å²) in [6.07, 6.45) is 2.53. The Hall–Kier alpha value is -1.77. The zero-order valence-electron chi connectivity index (χ0n) is 15.1. The highest BCUT2D eigenvalue weighted by Gasteiger charge is 2.21. The van der Waals surface area contributed by atoms with E-state index in [0.29, 0.717) is 18.6 Å². The number of methoxy groups -OCH3 is 1. The summed E-state index contributed by atoms with van der Waals surface area (Å²) in [5.74, 6) is 0.442. The van der Waals surface area contributed by atoms with Gasteiger partial charge >= 0.3 is 5.97 Å². The maximum atomic E-state index is 11.7. The van der Waals surface area contributed by atoms with Crippen molar-refractivity contribution in [3.8, 4) is 0 Å². The molecule has 0 aliphatic carbocycles. The minimum absolute atomic E-state index is 0.100. The van der Waals surface area contributed by atoms with Gasteiger partial charge in [-0.15, -0.1) is 0 Å². The molecule has 0 fully saturated rings. The fourth-order valence-electron chi connectivity index (χ4n) is 2.08. The van der Waals surface area contributed by atoms with E-state index in [9.17, 15) is 4.79 Å². The second kappa shape index (κ2) is 8.62. The van der Waals surface area contributed by atoms with Crippen LogP contribution >= 0.6 is 0 Å². The van der Waals surface area contributed by atoms with E-state index in [0.717, 1.165) is 22.5 Å². The van der Waals surface area contributed by atoms with Crippen LogP contribution in [0.1, 0.15) is 48.0 Å². The highest BCUT2D eigenvalue weighted by Crippen LogP contribution is 2.33. The van der Waals surface area contributed by atoms with Crippen LogP contribution in [-0.2, 0) is 14.3 Å². The monoisotopic (exact) mass is 306 g/mol. The Kier molecular flexibility index (Phi) is 7.93. The molecule has 0 amide bonds. The van der Waals surface area contributed by atoms with Gasteiger partial charge in [0.1, 0.15) is 5.76 Å². The van der Waals surface area contributed by atoms with Crippen LogP contribution in [0.3, 0.4) is 0 Å². The van der Waals surface area contributed by atoms with Gasteiger partial charge in [-0.25, -0.2) is 4.79 Å². The molecule has 0 bridgehead atoms. The topological polar surface area (TPSA) is 35.5 Å². The van der Waals surface area contributed by atoms with Gasteiger partial charge in [0.2, 0.25) is 0 Å². The quantitative estimate of drug-likeness (QED) is 0.288. The third-order valence-electron chi connectivity index (χ3n) is 3.09. The van der Waals surface area contributed by atoms with Gasteiger partial charge in [-0.2, -0.15) is 0 Å². The average Bonchev–Trinajstić information content (AvgIpc) is 2.37. The van der Waals surface area contributed by atoms with E-state index in [1.165, 1.54) is 0 Å². The van der Waals surface area contributed by atoms with Gasteiger partial charge in [0.15, 0.2) is 0 Å². The summed E-state index contributed by atoms with van der Waals surface area (Å²) in [6.45, 7) is 20.2. The summed E-state index contributed by atoms with van der Waals surface area (Å²) in [5, 5.41) is 0. The number of ether oxygens (including phenoxy) is 2. The SMILES string of the molecule is C=C(C/C(C)=C/C(=C(/OC)C(=C)C)C(C)(C)C)C(=O)OCC. The summed E-state index contributed by atoms with van der Waals surface area (Å²) in [6, 6.07) is 0. The van der Waals surface area contributed by atoms with Crippen molar-refractivity contribution in [1.29, 1.82) is 0 Å². The first kappa shape index (κ1) is 20.2. The molecular formula is C19H30O3. The maximum Gasteiger partial charge on any atom is 0.333 e. The molecule has 0 spiro atoms. The molecule has 0 rings (SSSR count). The molecule has 0 radical (unpaired) electrons. The molecule has 0 heterocycles. The minimum Gasteiger partial charge on any atom is -0.496 e. The highest BCUT2D eigenvalue weighted by molar-refractivity contribution is 5.88. The normalized spacial score (nSPS) is 13.3. The lowest BCUT2D eigenvalue weighted by atomic mass is 9.83. The van der Waals surface area contributed by atoms with Gasteiger partial charge in [-0.3, -0.25) is 0 Å². The first-order valence-corrected chi connectivity index (χ1v) is 7.51. The summed E-state index contributed by atoms with van der Waals surface area (Å²) in [4.78, 5) is 11.7. The summed E-state index contributed by atoms with van der Waals surface area (Å²) in [5.41, 5.74) is 3.31. The van der Waals surface area contributed by atoms with Crippen molar-refractivity contribution in [3.05, 3.63) is 47.3 Å². The van der Waals surface area contributed by atoms with E-state index in [2.05, 4.69) is 40.0 Å². The van der Waals surface area contributed by atoms with E-state index in [1.807, 2.05) is 13.8 Å². The first-order valence-electron chi connectivity index (χ1n) is 7.51. The van der Waals surface area contributed by atoms with Gasteiger partial charge in [0.05, 0.1) is 13.7 Å². The summed E-state index contributed by atoms with van der Waals surface area (Å²) >= 11 is 0. The number of esters is 1. The van der Waals surface area contributed by atoms with Gasteiger partial charge in [-0.05, 0) is 43.8 Å². The third kappa shape index (κ3) is 6.33. The first-order chi connectivity index (χ1) is 10.0. The van der Waals surface area contributed by atoms with Crippen molar-refractivity contribution in [2.45, 2.75) is 48.0 Å². The predicted molar refractivity (Wildman–Crippen MR) is 92.5 cm³/mol. The van der Waals surface area contributed by atoms with Crippen molar-refractivity contribution in [2.75, 3.05) is 13.7 Å². The smallest absolute Gasteiger partial charge is 0.333 e. The van der Waals surface area contributed by atoms with Crippen LogP contribution in [0.15, 0.2) is 47.3 Å². The van der Waals surface area contributed by atoms with Crippen molar-refractivity contribution >= 4 is 5.97 Å². The Morgan fingerprint density at radius 2 is 1.73 bits per heavy atom. The Morgan fingerprint density at radius 3 is 2.09 bits per heavy atom. The number of carbonyl (C=O) groups excluding carboxylic acids is 1. The molecular weight excluding hydrogens is 276 g/mol. The zero-order valence-corrected chi connectivity index (χ0v) is 15.1. The summed E-state index contributed by atoms with van der Waals surface area (Å²) in [7, 11) is 1.65. The van der Waals surface area contributed by atoms with Gasteiger partial charge in [0.25, 0.3) is 0 Å². The number of rotatable bonds is 7. The molecule has 124 valence electrons. The molecule has 3 heteroatoms. The Morgan fingerprint density at radius 1 is 1.18 bits per heavy atom. The standard InChI is InChI=1S/C19H30O3/c1-10-22-18(20)15(5)11-14(4)12-16(19(6,7)8)17(21-9)13(2)3/h12H,2,5,10-11H2,1,3-4,6-9H3/b14-12+,17-16-. The molecule has 0 saturated heterocycles. The molecule has 0 aromatic heterocycles. The average molecular weight is 306 g/mol. The van der Waals surface area contributed by atoms with Crippen LogP contribution in [0.2, 0.25) is 0 Å². The van der Waals surface area contributed by atoms with Gasteiger partial charge in [0, 0.05) is 5.57 Å². The largest absolute Gasteiger partial charge is 0.496 e. The molecule has 0 aliphatic heterocycles. The molecule has 0 saturated carbocycles. The lowest BCUT2D eigenvalue weighted by Crippen LogP contribution is -2.13. The van der Waals surface area contributed by atoms with E-state index in [4.69, 9.17) is 9.47 Å². The van der Waals surface area contributed by atoms with E-state index >= 15 is 0 Å². The number of hydrogen-bond acceptors (Lipinski definition) is 3. The van der Waals surface area contributed by atoms with Crippen molar-refractivity contribution < 1.29 is 14.3 Å². The van der Waals surface area contributed by atoms with Crippen LogP contribution in [-0.4, -0.2) is 19.7 Å². The van der Waals surface area contributed by atoms with E-state index < -0.39 is 0 Å². The van der Waals surface area contributed by atoms with Crippen LogP contribution < -0.4 is 0 Å². The Labute approximate surface area is 135 Å². The number of carbonyl (C=O) groups is 1. The fourth-order valence-corrected chi connectivity index (χ4v) is 2.08. The van der Waals surface area contributed by atoms with Crippen LogP contribution in [0.25, 0.3) is 0 Å². The molecule has 0 unspecified atom stereocenters. The molecule has 0 aromatic carbocycles. The molecule has 3 nitrogen and oxygen atoms in total. The predicted octanol–water partition coefficient (Wildman–Crippen LogP) is 4.96. The lowest BCUT2D eigenvalue weighted by Gasteiger charge is -2.25. The molecule has 0 N–H and O–H groups in total. The summed E-state index contributed by atoms with van der Waals surface area (Å²) < 4.78 is 10.5. The van der Waals surface area contributed by atoms with Crippen LogP contribution in [0, 0.1) is 5.41 Å². The maximum absolute atomic E-state index is 11.7. The molecule has 0 aromatic rings. The minimum atomic E-state index is -0.344. The van der Waals surface area contributed by atoms with Crippen LogP contribution in [0.5, 0.6) is 0 Å². The number of hydrogen-bond donors (Lipinski definition) is 0. The van der Waals surface area contributed by atoms with Crippen molar-refractivity contribution in [2.24, 2.45) is 5.41 Å². The second-order valence-electron chi connectivity index (χ2n) is 6.47. The molecule has 22 heavy (non-hydrogen) atoms. The molecule has 0 atom stereocenters. The van der Waals surface area contributed by atoms with Gasteiger partial charge < -0.3 is 9.47 Å².